The van der Waals surface area contributed by atoms with E-state index in [0.29, 0.717) is 26.2 Å². The molecule has 0 radical (unpaired) electrons. The van der Waals surface area contributed by atoms with E-state index in [4.69, 9.17) is 20.0 Å². The van der Waals surface area contributed by atoms with Crippen LogP contribution in [0.5, 0.6) is 0 Å². The van der Waals surface area contributed by atoms with Crippen molar-refractivity contribution in [1.82, 2.24) is 19.9 Å². The topological polar surface area (TPSA) is 101 Å². The molecule has 0 N–H and O–H groups in total. The molecule has 4 heterocycles. The van der Waals surface area contributed by atoms with Crippen molar-refractivity contribution in [1.29, 1.82) is 0 Å². The molecule has 0 bridgehead atoms. The average Bonchev–Trinajstić information content (AvgIpc) is 3.05. The fourth-order valence-corrected chi connectivity index (χ4v) is 4.08. The number of nitrogens with zero attached hydrogens (tertiary/aromatic N) is 8. The van der Waals surface area contributed by atoms with E-state index in [1.807, 2.05) is 100 Å². The van der Waals surface area contributed by atoms with E-state index in [1.54, 1.807) is 24.8 Å². The third kappa shape index (κ3) is 8.63. The molecule has 0 atom stereocenters. The maximum atomic E-state index is 5.02. The van der Waals surface area contributed by atoms with E-state index in [9.17, 15) is 0 Å². The molecule has 41 heavy (non-hydrogen) atoms. The molecule has 0 aromatic carbocycles. The summed E-state index contributed by atoms with van der Waals surface area (Å²) in [6.07, 6.45) is 7.12. The minimum absolute atomic E-state index is 0.465. The maximum absolute atomic E-state index is 5.02. The summed E-state index contributed by atoms with van der Waals surface area (Å²) in [6.45, 7) is 9.80. The highest BCUT2D eigenvalue weighted by Gasteiger charge is 2.31. The second-order valence-corrected chi connectivity index (χ2v) is 9.97. The van der Waals surface area contributed by atoms with E-state index in [1.165, 1.54) is 0 Å². The zero-order valence-corrected chi connectivity index (χ0v) is 24.1. The fraction of sp³-hybridized carbons (Fsp3) is 0.273. The van der Waals surface area contributed by atoms with Crippen molar-refractivity contribution in [3.8, 4) is 0 Å². The summed E-state index contributed by atoms with van der Waals surface area (Å²) in [5, 5.41) is 0. The highest BCUT2D eigenvalue weighted by molar-refractivity contribution is 5.98. The molecule has 0 aliphatic rings. The first kappa shape index (κ1) is 29.3. The van der Waals surface area contributed by atoms with Gasteiger partial charge in [-0.3, -0.25) is 39.9 Å². The number of aliphatic imine (C=N–C) groups is 4. The SMILES string of the molecule is CC(=NCC(CN=C(C)c1ccccn1)(CN=C(C)c1ccccn1)CN=C(C)c1ccccn1)c1ccccn1. The van der Waals surface area contributed by atoms with Gasteiger partial charge >= 0.3 is 0 Å². The molecule has 4 rings (SSSR count). The summed E-state index contributed by atoms with van der Waals surface area (Å²) in [6, 6.07) is 23.4. The molecular weight excluding hydrogens is 508 g/mol. The van der Waals surface area contributed by atoms with Gasteiger partial charge in [0.25, 0.3) is 0 Å². The van der Waals surface area contributed by atoms with Crippen molar-refractivity contribution in [3.05, 3.63) is 120 Å². The van der Waals surface area contributed by atoms with Gasteiger partial charge in [0.15, 0.2) is 0 Å². The maximum Gasteiger partial charge on any atom is 0.0837 e. The van der Waals surface area contributed by atoms with E-state index < -0.39 is 5.41 Å². The van der Waals surface area contributed by atoms with E-state index in [0.717, 1.165) is 45.6 Å². The van der Waals surface area contributed by atoms with Gasteiger partial charge in [0.2, 0.25) is 0 Å². The first-order valence-corrected chi connectivity index (χ1v) is 13.7. The minimum atomic E-state index is -0.516. The Balaban J connectivity index is 1.74. The number of hydrogen-bond acceptors (Lipinski definition) is 8. The van der Waals surface area contributed by atoms with Gasteiger partial charge in [-0.15, -0.1) is 0 Å². The van der Waals surface area contributed by atoms with Crippen LogP contribution in [0.1, 0.15) is 50.5 Å². The smallest absolute Gasteiger partial charge is 0.0837 e. The summed E-state index contributed by atoms with van der Waals surface area (Å²) in [5.74, 6) is 0. The largest absolute Gasteiger partial charge is 0.287 e. The zero-order valence-electron chi connectivity index (χ0n) is 24.1. The van der Waals surface area contributed by atoms with Gasteiger partial charge in [-0.1, -0.05) is 24.3 Å². The predicted octanol–water partition coefficient (Wildman–Crippen LogP) is 5.59. The first-order chi connectivity index (χ1) is 20.0. The lowest BCUT2D eigenvalue weighted by molar-refractivity contribution is 0.337. The number of hydrogen-bond donors (Lipinski definition) is 0. The van der Waals surface area contributed by atoms with Crippen LogP contribution in [0.4, 0.5) is 0 Å². The molecule has 0 amide bonds. The zero-order chi connectivity index (χ0) is 28.9. The molecule has 8 heteroatoms. The van der Waals surface area contributed by atoms with Crippen molar-refractivity contribution in [2.24, 2.45) is 25.4 Å². The number of rotatable bonds is 12. The Morgan fingerprint density at radius 1 is 0.439 bits per heavy atom. The van der Waals surface area contributed by atoms with Crippen LogP contribution in [0, 0.1) is 5.41 Å². The molecule has 4 aromatic heterocycles. The summed E-state index contributed by atoms with van der Waals surface area (Å²) in [7, 11) is 0. The van der Waals surface area contributed by atoms with Gasteiger partial charge in [0.1, 0.15) is 0 Å². The second-order valence-electron chi connectivity index (χ2n) is 9.97. The van der Waals surface area contributed by atoms with Crippen molar-refractivity contribution < 1.29 is 0 Å². The minimum Gasteiger partial charge on any atom is -0.287 e. The number of aromatic nitrogens is 4. The summed E-state index contributed by atoms with van der Waals surface area (Å²) >= 11 is 0. The van der Waals surface area contributed by atoms with Crippen molar-refractivity contribution in [3.63, 3.8) is 0 Å². The second kappa shape index (κ2) is 14.6. The average molecular weight is 545 g/mol. The Bertz CT molecular complexity index is 1260. The molecule has 208 valence electrons. The van der Waals surface area contributed by atoms with Crippen LogP contribution in [-0.2, 0) is 0 Å². The molecule has 4 aromatic rings. The van der Waals surface area contributed by atoms with Crippen LogP contribution in [0.25, 0.3) is 0 Å². The third-order valence-corrected chi connectivity index (χ3v) is 6.75. The lowest BCUT2D eigenvalue weighted by Gasteiger charge is -2.28. The molecule has 0 spiro atoms. The molecule has 0 aliphatic heterocycles. The summed E-state index contributed by atoms with van der Waals surface area (Å²) in [4.78, 5) is 38.0. The molecule has 0 saturated heterocycles. The van der Waals surface area contributed by atoms with Crippen molar-refractivity contribution >= 4 is 22.8 Å². The lowest BCUT2D eigenvalue weighted by atomic mass is 9.87. The van der Waals surface area contributed by atoms with Crippen LogP contribution in [0.3, 0.4) is 0 Å². The van der Waals surface area contributed by atoms with Crippen molar-refractivity contribution in [2.75, 3.05) is 26.2 Å². The van der Waals surface area contributed by atoms with Gasteiger partial charge in [-0.05, 0) is 76.2 Å². The Morgan fingerprint density at radius 2 is 0.683 bits per heavy atom. The van der Waals surface area contributed by atoms with Gasteiger partial charge in [-0.25, -0.2) is 0 Å². The summed E-state index contributed by atoms with van der Waals surface area (Å²) in [5.41, 5.74) is 6.29. The van der Waals surface area contributed by atoms with E-state index in [2.05, 4.69) is 19.9 Å². The Labute approximate surface area is 242 Å². The number of pyridine rings is 4. The predicted molar refractivity (Wildman–Crippen MR) is 168 cm³/mol. The molecule has 8 nitrogen and oxygen atoms in total. The standard InChI is InChI=1S/C33H36N8/c1-25(29-13-5-9-17-34-29)38-21-33(22-39-26(2)30-14-6-10-18-35-30,23-40-27(3)31-15-7-11-19-36-31)24-41-28(4)32-16-8-12-20-37-32/h5-20H,21-24H2,1-4H3. The molecule has 0 aliphatic carbocycles. The normalized spacial score (nSPS) is 14.5. The quantitative estimate of drug-likeness (QED) is 0.217. The molecular formula is C33H36N8. The Hall–Kier alpha value is -4.72. The third-order valence-electron chi connectivity index (χ3n) is 6.75. The van der Waals surface area contributed by atoms with Crippen LogP contribution < -0.4 is 0 Å². The summed E-state index contributed by atoms with van der Waals surface area (Å²) < 4.78 is 0. The van der Waals surface area contributed by atoms with Crippen LogP contribution in [0.15, 0.2) is 118 Å². The van der Waals surface area contributed by atoms with Gasteiger partial charge in [0, 0.05) is 30.2 Å². The first-order valence-electron chi connectivity index (χ1n) is 13.7. The molecule has 0 unspecified atom stereocenters. The Kier molecular flexibility index (Phi) is 10.4. The molecule has 0 saturated carbocycles. The highest BCUT2D eigenvalue weighted by atomic mass is 14.9. The lowest BCUT2D eigenvalue weighted by Crippen LogP contribution is -2.37. The van der Waals surface area contributed by atoms with E-state index >= 15 is 0 Å². The Morgan fingerprint density at radius 3 is 0.878 bits per heavy atom. The fourth-order valence-electron chi connectivity index (χ4n) is 4.08. The van der Waals surface area contributed by atoms with Crippen molar-refractivity contribution in [2.45, 2.75) is 27.7 Å². The van der Waals surface area contributed by atoms with E-state index in [-0.39, 0.29) is 0 Å². The van der Waals surface area contributed by atoms with Crippen LogP contribution >= 0.6 is 0 Å². The van der Waals surface area contributed by atoms with Gasteiger partial charge in [-0.2, -0.15) is 0 Å². The monoisotopic (exact) mass is 544 g/mol. The molecule has 0 fully saturated rings. The van der Waals surface area contributed by atoms with Gasteiger partial charge < -0.3 is 0 Å². The van der Waals surface area contributed by atoms with Crippen LogP contribution in [0.2, 0.25) is 0 Å². The highest BCUT2D eigenvalue weighted by Crippen LogP contribution is 2.23. The van der Waals surface area contributed by atoms with Gasteiger partial charge in [0.05, 0.1) is 71.8 Å². The van der Waals surface area contributed by atoms with Crippen LogP contribution in [-0.4, -0.2) is 69.0 Å².